The summed E-state index contributed by atoms with van der Waals surface area (Å²) < 4.78 is 85.3. The topological polar surface area (TPSA) is 229 Å². The minimum absolute atomic E-state index is 0. The van der Waals surface area contributed by atoms with Crippen LogP contribution in [0.15, 0.2) is 48.5 Å². The Morgan fingerprint density at radius 3 is 0.547 bits per heavy atom. The maximum Gasteiger partial charge on any atom is 0.338 e. The molecule has 0 aliphatic rings. The Kier molecular flexibility index (Phi) is 37.3. The average Bonchev–Trinajstić information content (AvgIpc) is 1.77. The van der Waals surface area contributed by atoms with Crippen molar-refractivity contribution in [3.63, 3.8) is 0 Å². The molecule has 0 saturated carbocycles. The first-order valence-electron chi connectivity index (χ1n) is 27.1. The molecule has 0 atom stereocenters. The molecule has 4 aromatic rings. The van der Waals surface area contributed by atoms with E-state index in [-0.39, 0.29) is 51.2 Å². The molecule has 0 unspecified atom stereocenters. The van der Waals surface area contributed by atoms with Gasteiger partial charge in [0.25, 0.3) is 0 Å². The van der Waals surface area contributed by atoms with Gasteiger partial charge in [0, 0.05) is 52.4 Å². The number of carbonyl (C=O) groups is 4. The quantitative estimate of drug-likeness (QED) is 0.0238. The third-order valence-corrected chi connectivity index (χ3v) is 13.0. The fourth-order valence-corrected chi connectivity index (χ4v) is 8.26. The minimum atomic E-state index is -0.456. The Morgan fingerprint density at radius 1 is 0.267 bits per heavy atom. The number of hydrogen-bond donors (Lipinski definition) is 0. The molecule has 86 heavy (non-hydrogen) atoms. The van der Waals surface area contributed by atoms with Crippen molar-refractivity contribution < 1.29 is 95.0 Å². The smallest absolute Gasteiger partial charge is 0.338 e. The third kappa shape index (κ3) is 24.3. The number of ether oxygens (including phenoxy) is 16. The highest BCUT2D eigenvalue weighted by atomic mass is 35.5. The lowest BCUT2D eigenvalue weighted by atomic mass is 10.2. The molecule has 0 fully saturated rings. The Hall–Kier alpha value is -7.22. The zero-order chi connectivity index (χ0) is 62.1. The second-order valence-electron chi connectivity index (χ2n) is 18.8. The van der Waals surface area contributed by atoms with Crippen LogP contribution in [0.25, 0.3) is 0 Å². The van der Waals surface area contributed by atoms with E-state index in [0.29, 0.717) is 117 Å². The number of hydrogen-bond acceptors (Lipinski definition) is 24. The standard InChI is InChI=1S/2C30H44N2O10.2ClH/c2*1-31(11-9-15-41-29(33)21-17-23(35-3)27(39-7)24(18-21)36-4)13-14-32(2)12-10-16-42-30(34)22-19-25(37-5)28(40-8)26(20-22)38-6;;/h2*17-20H,9-16H2,1-8H3;2*1H. The zero-order valence-electron chi connectivity index (χ0n) is 52.7. The van der Waals surface area contributed by atoms with Crippen molar-refractivity contribution >= 4 is 48.7 Å². The van der Waals surface area contributed by atoms with Gasteiger partial charge < -0.3 is 95.4 Å². The monoisotopic (exact) mass is 1260 g/mol. The molecule has 0 aromatic heterocycles. The van der Waals surface area contributed by atoms with Gasteiger partial charge in [-0.2, -0.15) is 0 Å². The van der Waals surface area contributed by atoms with Crippen LogP contribution in [-0.2, 0) is 18.9 Å². The van der Waals surface area contributed by atoms with Gasteiger partial charge in [-0.25, -0.2) is 19.2 Å². The van der Waals surface area contributed by atoms with Gasteiger partial charge in [0.05, 0.1) is 134 Å². The van der Waals surface area contributed by atoms with E-state index in [1.165, 1.54) is 85.3 Å². The van der Waals surface area contributed by atoms with E-state index in [1.807, 2.05) is 28.2 Å². The van der Waals surface area contributed by atoms with Gasteiger partial charge in [0.15, 0.2) is 46.0 Å². The van der Waals surface area contributed by atoms with Crippen molar-refractivity contribution in [2.24, 2.45) is 0 Å². The van der Waals surface area contributed by atoms with E-state index < -0.39 is 23.9 Å². The largest absolute Gasteiger partial charge is 0.493 e. The van der Waals surface area contributed by atoms with Crippen LogP contribution in [0.3, 0.4) is 0 Å². The molecule has 0 amide bonds. The SMILES string of the molecule is COc1cc(C(=O)OCCCN(C)CCN(C)CCCOC(=O)c2cc(OC)c(OC)c(OC)c2)cc(OC)c1OC.COc1cc(C(=O)OCCCN(C)CCN(C)CCCOC(=O)c2cc(OC)c(OC)c(OC)c2)cc(OC)c1OC.Cl.Cl. The molecule has 0 heterocycles. The van der Waals surface area contributed by atoms with Gasteiger partial charge in [-0.15, -0.1) is 24.8 Å². The summed E-state index contributed by atoms with van der Waals surface area (Å²) in [5.74, 6) is 2.99. The second-order valence-corrected chi connectivity index (χ2v) is 18.8. The molecule has 0 saturated heterocycles. The van der Waals surface area contributed by atoms with Gasteiger partial charge in [-0.1, -0.05) is 0 Å². The first kappa shape index (κ1) is 76.8. The molecule has 0 aliphatic heterocycles. The molecule has 0 spiro atoms. The van der Waals surface area contributed by atoms with Crippen LogP contribution < -0.4 is 56.8 Å². The van der Waals surface area contributed by atoms with Gasteiger partial charge in [0.2, 0.25) is 23.0 Å². The van der Waals surface area contributed by atoms with Crippen LogP contribution in [0.5, 0.6) is 69.0 Å². The van der Waals surface area contributed by atoms with Crippen molar-refractivity contribution in [2.45, 2.75) is 25.7 Å². The van der Waals surface area contributed by atoms with Crippen molar-refractivity contribution in [2.75, 3.05) is 192 Å². The molecule has 24 nitrogen and oxygen atoms in total. The van der Waals surface area contributed by atoms with Gasteiger partial charge in [0.1, 0.15) is 0 Å². The van der Waals surface area contributed by atoms with Crippen LogP contribution in [0, 0.1) is 0 Å². The van der Waals surface area contributed by atoms with Crippen molar-refractivity contribution in [3.8, 4) is 69.0 Å². The lowest BCUT2D eigenvalue weighted by Gasteiger charge is -2.22. The number of halogens is 2. The van der Waals surface area contributed by atoms with E-state index in [1.54, 1.807) is 48.5 Å². The van der Waals surface area contributed by atoms with E-state index >= 15 is 0 Å². The molecule has 4 rings (SSSR count). The van der Waals surface area contributed by atoms with Gasteiger partial charge in [-0.05, 0) is 102 Å². The van der Waals surface area contributed by atoms with Crippen molar-refractivity contribution in [3.05, 3.63) is 70.8 Å². The maximum absolute atomic E-state index is 12.5. The first-order valence-corrected chi connectivity index (χ1v) is 27.1. The number of esters is 4. The molecule has 26 heteroatoms. The highest BCUT2D eigenvalue weighted by Crippen LogP contribution is 2.41. The highest BCUT2D eigenvalue weighted by molar-refractivity contribution is 5.93. The fourth-order valence-electron chi connectivity index (χ4n) is 8.26. The number of methoxy groups -OCH3 is 12. The Balaban J connectivity index is 0.000000840. The number of carbonyl (C=O) groups excluding carboxylic acids is 4. The summed E-state index contributed by atoms with van der Waals surface area (Å²) in [6.07, 6.45) is 2.75. The molecule has 0 radical (unpaired) electrons. The fraction of sp³-hybridized carbons (Fsp3) is 0.533. The Bertz CT molecular complexity index is 2230. The third-order valence-electron chi connectivity index (χ3n) is 13.0. The van der Waals surface area contributed by atoms with Crippen LogP contribution in [0.2, 0.25) is 0 Å². The zero-order valence-corrected chi connectivity index (χ0v) is 54.3. The lowest BCUT2D eigenvalue weighted by Crippen LogP contribution is -2.32. The summed E-state index contributed by atoms with van der Waals surface area (Å²) in [6.45, 7) is 7.55. The number of rotatable bonds is 38. The first-order chi connectivity index (χ1) is 40.4. The molecular weight excluding hydrogens is 1170 g/mol. The van der Waals surface area contributed by atoms with E-state index in [2.05, 4.69) is 19.6 Å². The number of benzene rings is 4. The van der Waals surface area contributed by atoms with Crippen LogP contribution in [0.1, 0.15) is 67.1 Å². The second kappa shape index (κ2) is 41.8. The van der Waals surface area contributed by atoms with Crippen LogP contribution >= 0.6 is 24.8 Å². The average molecular weight is 1260 g/mol. The molecule has 0 N–H and O–H groups in total. The normalized spacial score (nSPS) is 10.6. The Labute approximate surface area is 519 Å². The van der Waals surface area contributed by atoms with E-state index in [4.69, 9.17) is 75.8 Å². The number of likely N-dealkylation sites (N-methyl/N-ethyl adjacent to an activating group) is 4. The lowest BCUT2D eigenvalue weighted by molar-refractivity contribution is 0.0475. The van der Waals surface area contributed by atoms with E-state index in [0.717, 1.165) is 52.4 Å². The van der Waals surface area contributed by atoms with E-state index in [9.17, 15) is 19.2 Å². The predicted octanol–water partition coefficient (Wildman–Crippen LogP) is 7.64. The summed E-state index contributed by atoms with van der Waals surface area (Å²) in [6, 6.07) is 12.6. The molecule has 0 aliphatic carbocycles. The Morgan fingerprint density at radius 2 is 0.419 bits per heavy atom. The van der Waals surface area contributed by atoms with Crippen molar-refractivity contribution in [1.29, 1.82) is 0 Å². The molecular formula is C60H90Cl2N4O20. The van der Waals surface area contributed by atoms with Crippen molar-refractivity contribution in [1.82, 2.24) is 19.6 Å². The number of nitrogens with zero attached hydrogens (tertiary/aromatic N) is 4. The summed E-state index contributed by atoms with van der Waals surface area (Å²) in [4.78, 5) is 58.8. The van der Waals surface area contributed by atoms with Gasteiger partial charge in [-0.3, -0.25) is 0 Å². The molecule has 484 valence electrons. The molecule has 4 aromatic carbocycles. The summed E-state index contributed by atoms with van der Waals surface area (Å²) in [5, 5.41) is 0. The summed E-state index contributed by atoms with van der Waals surface area (Å²) in [5.41, 5.74) is 1.31. The van der Waals surface area contributed by atoms with Crippen LogP contribution in [0.4, 0.5) is 0 Å². The maximum atomic E-state index is 12.5. The highest BCUT2D eigenvalue weighted by Gasteiger charge is 2.22. The van der Waals surface area contributed by atoms with Gasteiger partial charge >= 0.3 is 23.9 Å². The predicted molar refractivity (Wildman–Crippen MR) is 328 cm³/mol. The summed E-state index contributed by atoms with van der Waals surface area (Å²) in [7, 11) is 26.1. The summed E-state index contributed by atoms with van der Waals surface area (Å²) >= 11 is 0. The van der Waals surface area contributed by atoms with Crippen LogP contribution in [-0.4, -0.2) is 236 Å². The molecule has 0 bridgehead atoms. The minimum Gasteiger partial charge on any atom is -0.493 e.